The zero-order chi connectivity index (χ0) is 22.1. The quantitative estimate of drug-likeness (QED) is 0.458. The van der Waals surface area contributed by atoms with Gasteiger partial charge in [-0.2, -0.15) is 15.6 Å². The molecule has 4 aromatic rings. The van der Waals surface area contributed by atoms with Crippen LogP contribution in [0.15, 0.2) is 36.8 Å². The number of anilines is 2. The summed E-state index contributed by atoms with van der Waals surface area (Å²) in [4.78, 5) is 12.7. The van der Waals surface area contributed by atoms with Crippen molar-refractivity contribution in [2.24, 2.45) is 0 Å². The summed E-state index contributed by atoms with van der Waals surface area (Å²) < 4.78 is 1.70. The van der Waals surface area contributed by atoms with E-state index in [0.717, 1.165) is 11.1 Å². The summed E-state index contributed by atoms with van der Waals surface area (Å²) in [5, 5.41) is 36.4. The van der Waals surface area contributed by atoms with Gasteiger partial charge in [0.25, 0.3) is 0 Å². The number of nitrogens with two attached hydrogens (primary N) is 1. The molecule has 0 radical (unpaired) electrons. The minimum Gasteiger partial charge on any atom is -0.508 e. The van der Waals surface area contributed by atoms with Crippen LogP contribution in [-0.4, -0.2) is 29.7 Å². The van der Waals surface area contributed by atoms with E-state index in [0.29, 0.717) is 22.6 Å². The van der Waals surface area contributed by atoms with Gasteiger partial charge in [0, 0.05) is 11.8 Å². The lowest BCUT2D eigenvalue weighted by atomic mass is 10.1. The van der Waals surface area contributed by atoms with Gasteiger partial charge in [-0.3, -0.25) is 0 Å². The van der Waals surface area contributed by atoms with E-state index in [1.165, 1.54) is 12.4 Å². The summed E-state index contributed by atoms with van der Waals surface area (Å²) in [5.74, 6) is 0.744. The van der Waals surface area contributed by atoms with Gasteiger partial charge < -0.3 is 16.2 Å². The number of benzene rings is 1. The number of nitrogen functional groups attached to an aromatic ring is 1. The highest BCUT2D eigenvalue weighted by atomic mass is 16.3. The Kier molecular flexibility index (Phi) is 4.82. The Labute approximate surface area is 177 Å². The van der Waals surface area contributed by atoms with Crippen molar-refractivity contribution in [2.75, 3.05) is 11.1 Å². The van der Waals surface area contributed by atoms with Gasteiger partial charge in [-0.05, 0) is 43.7 Å². The zero-order valence-corrected chi connectivity index (χ0v) is 16.7. The van der Waals surface area contributed by atoms with Gasteiger partial charge in [0.1, 0.15) is 35.3 Å². The van der Waals surface area contributed by atoms with Gasteiger partial charge in [0.15, 0.2) is 5.82 Å². The zero-order valence-electron chi connectivity index (χ0n) is 16.7. The lowest BCUT2D eigenvalue weighted by molar-refractivity contribution is 0.475. The minimum atomic E-state index is -0.444. The molecule has 4 rings (SSSR count). The van der Waals surface area contributed by atoms with Crippen molar-refractivity contribution < 1.29 is 5.11 Å². The molecule has 1 aromatic carbocycles. The van der Waals surface area contributed by atoms with Gasteiger partial charge >= 0.3 is 0 Å². The van der Waals surface area contributed by atoms with Crippen molar-refractivity contribution in [2.45, 2.75) is 19.9 Å². The number of aromatic nitrogens is 5. The highest BCUT2D eigenvalue weighted by molar-refractivity contribution is 5.80. The van der Waals surface area contributed by atoms with Crippen LogP contribution >= 0.6 is 0 Å². The summed E-state index contributed by atoms with van der Waals surface area (Å²) in [6.07, 6.45) is 3.08. The van der Waals surface area contributed by atoms with Crippen molar-refractivity contribution in [3.8, 4) is 29.1 Å². The first-order valence-electron chi connectivity index (χ1n) is 9.28. The number of phenols is 1. The molecular weight excluding hydrogens is 394 g/mol. The third kappa shape index (κ3) is 3.54. The van der Waals surface area contributed by atoms with E-state index in [9.17, 15) is 15.6 Å². The Balaban J connectivity index is 1.84. The number of aryl methyl sites for hydroxylation is 1. The van der Waals surface area contributed by atoms with Crippen molar-refractivity contribution in [3.63, 3.8) is 0 Å². The Bertz CT molecular complexity index is 1390. The van der Waals surface area contributed by atoms with E-state index in [4.69, 9.17) is 10.7 Å². The third-order valence-electron chi connectivity index (χ3n) is 4.78. The predicted molar refractivity (Wildman–Crippen MR) is 113 cm³/mol. The van der Waals surface area contributed by atoms with Crippen LogP contribution in [-0.2, 0) is 0 Å². The number of fused-ring (bicyclic) bond motifs is 1. The fourth-order valence-electron chi connectivity index (χ4n) is 3.28. The molecule has 10 nitrogen and oxygen atoms in total. The van der Waals surface area contributed by atoms with Crippen LogP contribution in [0.5, 0.6) is 5.75 Å². The molecule has 4 N–H and O–H groups in total. The van der Waals surface area contributed by atoms with E-state index in [2.05, 4.69) is 20.4 Å². The van der Waals surface area contributed by atoms with Crippen LogP contribution in [0, 0.1) is 29.6 Å². The molecule has 0 aliphatic carbocycles. The number of nitrogens with zero attached hydrogens (tertiary/aromatic N) is 7. The fraction of sp³-hybridized carbons (Fsp3) is 0.143. The number of hydrogen-bond acceptors (Lipinski definition) is 9. The third-order valence-corrected chi connectivity index (χ3v) is 4.78. The predicted octanol–water partition coefficient (Wildman–Crippen LogP) is 2.70. The summed E-state index contributed by atoms with van der Waals surface area (Å²) in [6.45, 7) is 3.75. The summed E-state index contributed by atoms with van der Waals surface area (Å²) in [6, 6.07) is 10.1. The van der Waals surface area contributed by atoms with Gasteiger partial charge in [0.05, 0.1) is 28.9 Å². The molecule has 0 aliphatic heterocycles. The molecule has 152 valence electrons. The topological polar surface area (TPSA) is 162 Å². The highest BCUT2D eigenvalue weighted by Gasteiger charge is 2.19. The maximum absolute atomic E-state index is 10.1. The molecular formula is C21H17N9O. The van der Waals surface area contributed by atoms with Crippen LogP contribution in [0.4, 0.5) is 11.6 Å². The van der Waals surface area contributed by atoms with E-state index in [-0.39, 0.29) is 22.9 Å². The van der Waals surface area contributed by atoms with E-state index in [1.54, 1.807) is 16.6 Å². The van der Waals surface area contributed by atoms with Crippen LogP contribution in [0.3, 0.4) is 0 Å². The first-order chi connectivity index (χ1) is 14.9. The number of phenolic OH excluding ortho intramolecular Hbond substituents is 1. The van der Waals surface area contributed by atoms with Crippen molar-refractivity contribution in [1.29, 1.82) is 10.5 Å². The van der Waals surface area contributed by atoms with Crippen molar-refractivity contribution >= 4 is 17.2 Å². The van der Waals surface area contributed by atoms with Crippen LogP contribution in [0.1, 0.15) is 35.5 Å². The second-order valence-electron chi connectivity index (χ2n) is 6.95. The Morgan fingerprint density at radius 1 is 1.19 bits per heavy atom. The summed E-state index contributed by atoms with van der Waals surface area (Å²) in [7, 11) is 0. The number of nitriles is 2. The number of rotatable bonds is 4. The maximum Gasteiger partial charge on any atom is 0.171 e. The molecule has 0 aliphatic rings. The molecule has 0 saturated heterocycles. The van der Waals surface area contributed by atoms with Crippen molar-refractivity contribution in [1.82, 2.24) is 24.6 Å². The smallest absolute Gasteiger partial charge is 0.171 e. The standard InChI is InChI=1S/C21H17N9O/c1-11-3-4-30-18(11)17(14-5-13(8-22)6-15(31)7-14)28-20(29-30)12(2)27-21-16(9-23)19(24)25-10-26-21/h3-7,10,12,31H,1-2H3,(H3,24,25,26,27). The lowest BCUT2D eigenvalue weighted by Crippen LogP contribution is -2.16. The van der Waals surface area contributed by atoms with Crippen molar-refractivity contribution in [3.05, 3.63) is 59.3 Å². The van der Waals surface area contributed by atoms with Crippen LogP contribution in [0.2, 0.25) is 0 Å². The average Bonchev–Trinajstić information content (AvgIpc) is 3.13. The highest BCUT2D eigenvalue weighted by Crippen LogP contribution is 2.30. The Hall–Kier alpha value is -4.70. The van der Waals surface area contributed by atoms with Gasteiger partial charge in [-0.15, -0.1) is 0 Å². The molecule has 3 aromatic heterocycles. The first kappa shape index (κ1) is 19.6. The van der Waals surface area contributed by atoms with Crippen LogP contribution < -0.4 is 11.1 Å². The first-order valence-corrected chi connectivity index (χ1v) is 9.28. The second kappa shape index (κ2) is 7.61. The molecule has 10 heteroatoms. The minimum absolute atomic E-state index is 0.0298. The monoisotopic (exact) mass is 411 g/mol. The molecule has 1 unspecified atom stereocenters. The van der Waals surface area contributed by atoms with Gasteiger partial charge in [0.2, 0.25) is 0 Å². The van der Waals surface area contributed by atoms with Gasteiger partial charge in [-0.25, -0.2) is 19.5 Å². The van der Waals surface area contributed by atoms with Crippen LogP contribution in [0.25, 0.3) is 16.8 Å². The Morgan fingerprint density at radius 3 is 2.74 bits per heavy atom. The molecule has 0 fully saturated rings. The molecule has 0 saturated carbocycles. The fourth-order valence-corrected chi connectivity index (χ4v) is 3.28. The summed E-state index contributed by atoms with van der Waals surface area (Å²) in [5.41, 5.74) is 9.08. The maximum atomic E-state index is 10.1. The molecule has 0 spiro atoms. The molecule has 3 heterocycles. The van der Waals surface area contributed by atoms with Gasteiger partial charge in [-0.1, -0.05) is 0 Å². The number of hydrogen-bond donors (Lipinski definition) is 3. The normalized spacial score (nSPS) is 11.6. The van der Waals surface area contributed by atoms with E-state index < -0.39 is 6.04 Å². The Morgan fingerprint density at radius 2 is 2.00 bits per heavy atom. The second-order valence-corrected chi connectivity index (χ2v) is 6.95. The molecule has 0 amide bonds. The number of aromatic hydroxyl groups is 1. The molecule has 31 heavy (non-hydrogen) atoms. The SMILES string of the molecule is Cc1ccn2nc(C(C)Nc3ncnc(N)c3C#N)nc(-c3cc(O)cc(C#N)c3)c12. The van der Waals surface area contributed by atoms with E-state index in [1.807, 2.05) is 38.2 Å². The largest absolute Gasteiger partial charge is 0.508 e. The lowest BCUT2D eigenvalue weighted by Gasteiger charge is -2.16. The van der Waals surface area contributed by atoms with E-state index >= 15 is 0 Å². The molecule has 1 atom stereocenters. The number of nitrogens with one attached hydrogen (secondary N) is 1. The average molecular weight is 411 g/mol. The molecule has 0 bridgehead atoms. The summed E-state index contributed by atoms with van der Waals surface area (Å²) >= 11 is 0.